The fraction of sp³-hybridized carbons (Fsp3) is 0.211. The van der Waals surface area contributed by atoms with Gasteiger partial charge in [0.05, 0.1) is 5.75 Å². The molecule has 1 N–H and O–H groups in total. The molecule has 0 bridgehead atoms. The van der Waals surface area contributed by atoms with Crippen molar-refractivity contribution < 1.29 is 9.53 Å². The number of nitrogens with zero attached hydrogens (tertiary/aromatic N) is 3. The molecule has 6 nitrogen and oxygen atoms in total. The van der Waals surface area contributed by atoms with Gasteiger partial charge in [-0.15, -0.1) is 10.2 Å². The standard InChI is InChI=1S/C19H19BrN4O2S/c1-13-5-3-4-6-16(13)21-18(25)12-27-19-23-22-17(24(19)2)11-26-15-9-7-14(20)8-10-15/h3-10H,11-12H2,1-2H3,(H,21,25). The lowest BCUT2D eigenvalue weighted by Crippen LogP contribution is -2.15. The molecule has 0 saturated carbocycles. The van der Waals surface area contributed by atoms with Crippen LogP contribution in [0.4, 0.5) is 5.69 Å². The van der Waals surface area contributed by atoms with E-state index >= 15 is 0 Å². The molecular weight excluding hydrogens is 428 g/mol. The largest absolute Gasteiger partial charge is 0.486 e. The third-order valence-electron chi connectivity index (χ3n) is 3.86. The number of aryl methyl sites for hydroxylation is 1. The van der Waals surface area contributed by atoms with Crippen LogP contribution in [0.2, 0.25) is 0 Å². The lowest BCUT2D eigenvalue weighted by atomic mass is 10.2. The molecule has 0 saturated heterocycles. The first-order valence-electron chi connectivity index (χ1n) is 8.28. The molecule has 0 aliphatic rings. The zero-order valence-corrected chi connectivity index (χ0v) is 17.4. The summed E-state index contributed by atoms with van der Waals surface area (Å²) in [6.45, 7) is 2.27. The van der Waals surface area contributed by atoms with Crippen molar-refractivity contribution in [3.8, 4) is 5.75 Å². The Labute approximate surface area is 170 Å². The second-order valence-electron chi connectivity index (χ2n) is 5.85. The molecule has 1 amide bonds. The van der Waals surface area contributed by atoms with Crippen LogP contribution in [0.25, 0.3) is 0 Å². The average Bonchev–Trinajstić information content (AvgIpc) is 3.01. The Morgan fingerprint density at radius 2 is 1.93 bits per heavy atom. The Kier molecular flexibility index (Phi) is 6.52. The summed E-state index contributed by atoms with van der Waals surface area (Å²) < 4.78 is 8.56. The highest BCUT2D eigenvalue weighted by Gasteiger charge is 2.12. The van der Waals surface area contributed by atoms with E-state index in [9.17, 15) is 4.79 Å². The highest BCUT2D eigenvalue weighted by molar-refractivity contribution is 9.10. The van der Waals surface area contributed by atoms with Crippen LogP contribution >= 0.6 is 27.7 Å². The number of amides is 1. The van der Waals surface area contributed by atoms with Crippen LogP contribution in [0, 0.1) is 6.92 Å². The number of ether oxygens (including phenoxy) is 1. The number of halogens is 1. The van der Waals surface area contributed by atoms with Crippen molar-refractivity contribution >= 4 is 39.3 Å². The monoisotopic (exact) mass is 446 g/mol. The van der Waals surface area contributed by atoms with E-state index in [-0.39, 0.29) is 11.7 Å². The summed E-state index contributed by atoms with van der Waals surface area (Å²) >= 11 is 4.73. The second-order valence-corrected chi connectivity index (χ2v) is 7.71. The van der Waals surface area contributed by atoms with Gasteiger partial charge in [-0.05, 0) is 42.8 Å². The number of carbonyl (C=O) groups is 1. The van der Waals surface area contributed by atoms with Crippen molar-refractivity contribution in [1.29, 1.82) is 0 Å². The highest BCUT2D eigenvalue weighted by atomic mass is 79.9. The van der Waals surface area contributed by atoms with Gasteiger partial charge in [0.15, 0.2) is 11.0 Å². The molecule has 0 aliphatic carbocycles. The summed E-state index contributed by atoms with van der Waals surface area (Å²) in [7, 11) is 1.86. The van der Waals surface area contributed by atoms with Gasteiger partial charge in [-0.3, -0.25) is 4.79 Å². The molecule has 0 spiro atoms. The van der Waals surface area contributed by atoms with Gasteiger partial charge < -0.3 is 14.6 Å². The number of para-hydroxylation sites is 1. The van der Waals surface area contributed by atoms with E-state index in [0.717, 1.165) is 21.5 Å². The van der Waals surface area contributed by atoms with Crippen molar-refractivity contribution in [1.82, 2.24) is 14.8 Å². The molecule has 0 aliphatic heterocycles. The second kappa shape index (κ2) is 9.05. The number of aromatic nitrogens is 3. The molecule has 1 aromatic heterocycles. The van der Waals surface area contributed by atoms with Crippen molar-refractivity contribution in [3.05, 3.63) is 64.4 Å². The Bertz CT molecular complexity index is 928. The summed E-state index contributed by atoms with van der Waals surface area (Å²) in [4.78, 5) is 12.2. The normalized spacial score (nSPS) is 10.6. The SMILES string of the molecule is Cc1ccccc1NC(=O)CSc1nnc(COc2ccc(Br)cc2)n1C. The fourth-order valence-corrected chi connectivity index (χ4v) is 3.30. The minimum absolute atomic E-state index is 0.0787. The lowest BCUT2D eigenvalue weighted by molar-refractivity contribution is -0.113. The smallest absolute Gasteiger partial charge is 0.234 e. The number of anilines is 1. The Morgan fingerprint density at radius 3 is 2.67 bits per heavy atom. The first-order chi connectivity index (χ1) is 13.0. The van der Waals surface area contributed by atoms with Crippen molar-refractivity contribution in [2.75, 3.05) is 11.1 Å². The number of thioether (sulfide) groups is 1. The van der Waals surface area contributed by atoms with Crippen LogP contribution in [-0.4, -0.2) is 26.4 Å². The molecule has 1 heterocycles. The number of benzene rings is 2. The summed E-state index contributed by atoms with van der Waals surface area (Å²) in [6.07, 6.45) is 0. The first-order valence-corrected chi connectivity index (χ1v) is 10.1. The quantitative estimate of drug-likeness (QED) is 0.550. The van der Waals surface area contributed by atoms with Crippen LogP contribution < -0.4 is 10.1 Å². The van der Waals surface area contributed by atoms with Gasteiger partial charge in [-0.25, -0.2) is 0 Å². The summed E-state index contributed by atoms with van der Waals surface area (Å²) in [5.41, 5.74) is 1.85. The third-order valence-corrected chi connectivity index (χ3v) is 5.41. The van der Waals surface area contributed by atoms with Gasteiger partial charge in [0.2, 0.25) is 5.91 Å². The Hall–Kier alpha value is -2.32. The van der Waals surface area contributed by atoms with Gasteiger partial charge in [-0.2, -0.15) is 0 Å². The van der Waals surface area contributed by atoms with E-state index in [1.54, 1.807) is 0 Å². The van der Waals surface area contributed by atoms with Gasteiger partial charge in [0, 0.05) is 17.2 Å². The van der Waals surface area contributed by atoms with Crippen molar-refractivity contribution in [2.45, 2.75) is 18.7 Å². The number of carbonyl (C=O) groups excluding carboxylic acids is 1. The van der Waals surface area contributed by atoms with E-state index < -0.39 is 0 Å². The molecule has 140 valence electrons. The minimum atomic E-state index is -0.0787. The topological polar surface area (TPSA) is 69.0 Å². The summed E-state index contributed by atoms with van der Waals surface area (Å²) in [6, 6.07) is 15.3. The lowest BCUT2D eigenvalue weighted by Gasteiger charge is -2.08. The van der Waals surface area contributed by atoms with E-state index in [1.807, 2.05) is 67.1 Å². The van der Waals surface area contributed by atoms with Gasteiger partial charge in [0.25, 0.3) is 0 Å². The van der Waals surface area contributed by atoms with Crippen molar-refractivity contribution in [3.63, 3.8) is 0 Å². The van der Waals surface area contributed by atoms with Crippen LogP contribution in [0.1, 0.15) is 11.4 Å². The van der Waals surface area contributed by atoms with E-state index in [1.165, 1.54) is 11.8 Å². The predicted molar refractivity (Wildman–Crippen MR) is 110 cm³/mol. The van der Waals surface area contributed by atoms with Crippen LogP contribution in [0.15, 0.2) is 58.2 Å². The molecule has 2 aromatic carbocycles. The zero-order valence-electron chi connectivity index (χ0n) is 15.0. The number of hydrogen-bond acceptors (Lipinski definition) is 5. The minimum Gasteiger partial charge on any atom is -0.486 e. The summed E-state index contributed by atoms with van der Waals surface area (Å²) in [5.74, 6) is 1.63. The molecular formula is C19H19BrN4O2S. The van der Waals surface area contributed by atoms with E-state index in [0.29, 0.717) is 17.6 Å². The van der Waals surface area contributed by atoms with E-state index in [4.69, 9.17) is 4.74 Å². The Morgan fingerprint density at radius 1 is 1.19 bits per heavy atom. The number of hydrogen-bond donors (Lipinski definition) is 1. The van der Waals surface area contributed by atoms with Crippen LogP contribution in [0.5, 0.6) is 5.75 Å². The number of nitrogens with one attached hydrogen (secondary N) is 1. The molecule has 0 radical (unpaired) electrons. The molecule has 3 rings (SSSR count). The Balaban J connectivity index is 1.53. The van der Waals surface area contributed by atoms with E-state index in [2.05, 4.69) is 31.4 Å². The maximum Gasteiger partial charge on any atom is 0.234 e. The first kappa shape index (κ1) is 19.4. The highest BCUT2D eigenvalue weighted by Crippen LogP contribution is 2.20. The van der Waals surface area contributed by atoms with Crippen LogP contribution in [-0.2, 0) is 18.4 Å². The fourth-order valence-electron chi connectivity index (χ4n) is 2.30. The molecule has 0 fully saturated rings. The van der Waals surface area contributed by atoms with Crippen LogP contribution in [0.3, 0.4) is 0 Å². The number of rotatable bonds is 7. The zero-order chi connectivity index (χ0) is 19.2. The molecule has 8 heteroatoms. The molecule has 0 atom stereocenters. The third kappa shape index (κ3) is 5.33. The van der Waals surface area contributed by atoms with Crippen molar-refractivity contribution in [2.24, 2.45) is 7.05 Å². The maximum absolute atomic E-state index is 12.2. The predicted octanol–water partition coefficient (Wildman–Crippen LogP) is 4.20. The van der Waals surface area contributed by atoms with Gasteiger partial charge in [0.1, 0.15) is 12.4 Å². The molecule has 0 unspecified atom stereocenters. The van der Waals surface area contributed by atoms with Gasteiger partial charge in [-0.1, -0.05) is 45.9 Å². The summed E-state index contributed by atoms with van der Waals surface area (Å²) in [5, 5.41) is 11.9. The average molecular weight is 447 g/mol. The maximum atomic E-state index is 12.2. The molecule has 27 heavy (non-hydrogen) atoms. The van der Waals surface area contributed by atoms with Gasteiger partial charge >= 0.3 is 0 Å². The molecule has 3 aromatic rings.